The van der Waals surface area contributed by atoms with Gasteiger partial charge in [-0.05, 0) is 54.8 Å². The fourth-order valence-corrected chi connectivity index (χ4v) is 5.48. The smallest absolute Gasteiger partial charge is 0.328 e. The number of carbonyl (C=O) groups excluding carboxylic acids is 1. The van der Waals surface area contributed by atoms with Gasteiger partial charge in [-0.2, -0.15) is 0 Å². The maximum atomic E-state index is 13.1. The van der Waals surface area contributed by atoms with E-state index in [1.807, 2.05) is 0 Å². The van der Waals surface area contributed by atoms with Crippen molar-refractivity contribution in [3.8, 4) is 0 Å². The molecule has 1 aliphatic carbocycles. The summed E-state index contributed by atoms with van der Waals surface area (Å²) in [5.74, 6) is -1.25. The molecule has 0 spiro atoms. The van der Waals surface area contributed by atoms with Gasteiger partial charge >= 0.3 is 11.9 Å². The third-order valence-corrected chi connectivity index (χ3v) is 7.32. The first-order chi connectivity index (χ1) is 18.8. The molecule has 0 aromatic heterocycles. The van der Waals surface area contributed by atoms with E-state index in [-0.39, 0.29) is 17.2 Å². The third kappa shape index (κ3) is 6.89. The van der Waals surface area contributed by atoms with Gasteiger partial charge in [0.05, 0.1) is 0 Å². The van der Waals surface area contributed by atoms with Crippen molar-refractivity contribution in [1.82, 2.24) is 4.90 Å². The second-order valence-electron chi connectivity index (χ2n) is 9.82. The molecule has 1 fully saturated rings. The molecule has 0 radical (unpaired) electrons. The molecule has 2 N–H and O–H groups in total. The third-order valence-electron chi connectivity index (χ3n) is 7.32. The molecule has 5 rings (SSSR count). The SMILES string of the molecule is O=C(CCCN1CC[C@@]2(c3ccccc3)OC3=C(C=CCC3)[C@H]2C1)c1ccc(F)cc1.O=C(O)/C=C\C(=O)O. The van der Waals surface area contributed by atoms with E-state index in [2.05, 4.69) is 47.4 Å². The molecule has 8 heteroatoms. The molecule has 7 nitrogen and oxygen atoms in total. The Morgan fingerprint density at radius 3 is 2.38 bits per heavy atom. The molecule has 3 aliphatic rings. The van der Waals surface area contributed by atoms with Crippen LogP contribution in [0.5, 0.6) is 0 Å². The quantitative estimate of drug-likeness (QED) is 0.348. The molecule has 2 heterocycles. The van der Waals surface area contributed by atoms with E-state index < -0.39 is 11.9 Å². The molecular weight excluding hydrogens is 501 g/mol. The van der Waals surface area contributed by atoms with E-state index in [1.54, 1.807) is 12.1 Å². The predicted octanol–water partition coefficient (Wildman–Crippen LogP) is 5.35. The second-order valence-corrected chi connectivity index (χ2v) is 9.82. The summed E-state index contributed by atoms with van der Waals surface area (Å²) in [6.07, 6.45) is 9.94. The lowest BCUT2D eigenvalue weighted by Crippen LogP contribution is -2.49. The Bertz CT molecular complexity index is 1270. The minimum absolute atomic E-state index is 0.0834. The van der Waals surface area contributed by atoms with Crippen LogP contribution in [0, 0.1) is 11.7 Å². The highest BCUT2D eigenvalue weighted by molar-refractivity contribution is 5.96. The number of likely N-dealkylation sites (tertiary alicyclic amines) is 1. The van der Waals surface area contributed by atoms with Crippen LogP contribution < -0.4 is 0 Å². The van der Waals surface area contributed by atoms with Gasteiger partial charge in [-0.1, -0.05) is 42.5 Å². The minimum atomic E-state index is -1.26. The van der Waals surface area contributed by atoms with Crippen LogP contribution in [0.1, 0.15) is 48.0 Å². The number of ketones is 1. The monoisotopic (exact) mass is 533 g/mol. The summed E-state index contributed by atoms with van der Waals surface area (Å²) in [6, 6.07) is 16.5. The van der Waals surface area contributed by atoms with Crippen LogP contribution >= 0.6 is 0 Å². The van der Waals surface area contributed by atoms with Crippen molar-refractivity contribution in [3.05, 3.63) is 107 Å². The lowest BCUT2D eigenvalue weighted by Gasteiger charge is -2.44. The molecule has 0 unspecified atom stereocenters. The van der Waals surface area contributed by atoms with Gasteiger partial charge in [-0.25, -0.2) is 14.0 Å². The van der Waals surface area contributed by atoms with Crippen molar-refractivity contribution in [2.75, 3.05) is 19.6 Å². The topological polar surface area (TPSA) is 104 Å². The number of carboxylic acids is 2. The number of ether oxygens (including phenoxy) is 1. The van der Waals surface area contributed by atoms with Crippen molar-refractivity contribution >= 4 is 17.7 Å². The Labute approximate surface area is 226 Å². The van der Waals surface area contributed by atoms with Crippen molar-refractivity contribution in [2.24, 2.45) is 5.92 Å². The van der Waals surface area contributed by atoms with Crippen LogP contribution in [0.4, 0.5) is 4.39 Å². The van der Waals surface area contributed by atoms with E-state index in [1.165, 1.54) is 29.0 Å². The van der Waals surface area contributed by atoms with Gasteiger partial charge in [0.15, 0.2) is 5.78 Å². The predicted molar refractivity (Wildman–Crippen MR) is 144 cm³/mol. The van der Waals surface area contributed by atoms with Crippen molar-refractivity contribution in [2.45, 2.75) is 37.7 Å². The molecule has 2 atom stereocenters. The minimum Gasteiger partial charge on any atom is -0.486 e. The number of piperidine rings is 1. The molecule has 0 amide bonds. The van der Waals surface area contributed by atoms with Crippen LogP contribution in [-0.4, -0.2) is 52.5 Å². The Morgan fingerprint density at radius 1 is 1.03 bits per heavy atom. The number of nitrogens with zero attached hydrogens (tertiary/aromatic N) is 1. The van der Waals surface area contributed by atoms with Gasteiger partial charge in [0.25, 0.3) is 0 Å². The number of hydrogen-bond acceptors (Lipinski definition) is 5. The molecule has 0 saturated carbocycles. The molecule has 39 heavy (non-hydrogen) atoms. The number of aliphatic carboxylic acids is 2. The van der Waals surface area contributed by atoms with Crippen molar-refractivity contribution in [3.63, 3.8) is 0 Å². The van der Waals surface area contributed by atoms with Crippen LogP contribution in [0.25, 0.3) is 0 Å². The first kappa shape index (κ1) is 28.0. The number of benzene rings is 2. The summed E-state index contributed by atoms with van der Waals surface area (Å²) in [5, 5.41) is 15.6. The maximum absolute atomic E-state index is 13.1. The summed E-state index contributed by atoms with van der Waals surface area (Å²) in [6.45, 7) is 2.80. The molecule has 2 aliphatic heterocycles. The number of Topliss-reactive ketones (excluding diaryl/α,β-unsaturated/α-hetero) is 1. The summed E-state index contributed by atoms with van der Waals surface area (Å²) < 4.78 is 19.8. The fourth-order valence-electron chi connectivity index (χ4n) is 5.48. The van der Waals surface area contributed by atoms with E-state index in [0.717, 1.165) is 45.3 Å². The van der Waals surface area contributed by atoms with E-state index in [0.29, 0.717) is 30.1 Å². The molecule has 1 saturated heterocycles. The number of rotatable bonds is 8. The van der Waals surface area contributed by atoms with Gasteiger partial charge < -0.3 is 19.8 Å². The van der Waals surface area contributed by atoms with E-state index >= 15 is 0 Å². The molecule has 204 valence electrons. The lowest BCUT2D eigenvalue weighted by atomic mass is 9.73. The van der Waals surface area contributed by atoms with Crippen molar-refractivity contribution < 1.29 is 33.7 Å². The largest absolute Gasteiger partial charge is 0.486 e. The molecular formula is C31H32FNO6. The van der Waals surface area contributed by atoms with Gasteiger partial charge in [-0.3, -0.25) is 4.79 Å². The summed E-state index contributed by atoms with van der Waals surface area (Å²) >= 11 is 0. The zero-order valence-electron chi connectivity index (χ0n) is 21.6. The number of hydrogen-bond donors (Lipinski definition) is 2. The van der Waals surface area contributed by atoms with Gasteiger partial charge in [0.2, 0.25) is 0 Å². The highest BCUT2D eigenvalue weighted by atomic mass is 19.1. The summed E-state index contributed by atoms with van der Waals surface area (Å²) in [7, 11) is 0. The first-order valence-corrected chi connectivity index (χ1v) is 13.1. The molecule has 2 aromatic carbocycles. The van der Waals surface area contributed by atoms with Gasteiger partial charge in [0, 0.05) is 56.0 Å². The zero-order chi connectivity index (χ0) is 27.8. The average molecular weight is 534 g/mol. The summed E-state index contributed by atoms with van der Waals surface area (Å²) in [4.78, 5) is 34.0. The number of carbonyl (C=O) groups is 3. The maximum Gasteiger partial charge on any atom is 0.328 e. The fraction of sp³-hybridized carbons (Fsp3) is 0.323. The Kier molecular flexibility index (Phi) is 9.09. The van der Waals surface area contributed by atoms with E-state index in [4.69, 9.17) is 14.9 Å². The number of halogens is 1. The van der Waals surface area contributed by atoms with Gasteiger partial charge in [-0.15, -0.1) is 0 Å². The van der Waals surface area contributed by atoms with Crippen molar-refractivity contribution in [1.29, 1.82) is 0 Å². The Morgan fingerprint density at radius 2 is 1.72 bits per heavy atom. The molecule has 2 aromatic rings. The van der Waals surface area contributed by atoms with Crippen LogP contribution in [0.2, 0.25) is 0 Å². The number of fused-ring (bicyclic) bond motifs is 2. The lowest BCUT2D eigenvalue weighted by molar-refractivity contribution is -0.134. The molecule has 0 bridgehead atoms. The van der Waals surface area contributed by atoms with Gasteiger partial charge in [0.1, 0.15) is 17.2 Å². The highest BCUT2D eigenvalue weighted by Crippen LogP contribution is 2.53. The normalized spacial score (nSPS) is 21.9. The van der Waals surface area contributed by atoms with Crippen LogP contribution in [0.3, 0.4) is 0 Å². The van der Waals surface area contributed by atoms with E-state index in [9.17, 15) is 18.8 Å². The zero-order valence-corrected chi connectivity index (χ0v) is 21.6. The average Bonchev–Trinajstić information content (AvgIpc) is 3.28. The Balaban J connectivity index is 0.000000386. The Hall–Kier alpha value is -4.04. The number of carboxylic acid groups (broad SMARTS) is 2. The first-order valence-electron chi connectivity index (χ1n) is 13.1. The van der Waals surface area contributed by atoms with Crippen LogP contribution in [0.15, 0.2) is 90.2 Å². The standard InChI is InChI=1S/C27H28FNO2.C4H4O4/c28-22-14-12-20(13-15-22)25(30)10-6-17-29-18-16-27(21-7-2-1-3-8-21)24(19-29)23-9-4-5-11-26(23)31-27;5-3(6)1-2-4(7)8/h1-4,7-9,12-15,24H,5-6,10-11,16-19H2;1-2H,(H,5,6)(H,7,8)/b;2-1-/t24-,27+;/m1./s1. The number of allylic oxidation sites excluding steroid dienone is 3. The van der Waals surface area contributed by atoms with Crippen LogP contribution in [-0.2, 0) is 19.9 Å². The summed E-state index contributed by atoms with van der Waals surface area (Å²) in [5.41, 5.74) is 2.96. The second kappa shape index (κ2) is 12.7. The highest BCUT2D eigenvalue weighted by Gasteiger charge is 2.52.